The molecule has 3 aromatic rings. The fourth-order valence-electron chi connectivity index (χ4n) is 3.62. The predicted octanol–water partition coefficient (Wildman–Crippen LogP) is 3.52. The summed E-state index contributed by atoms with van der Waals surface area (Å²) in [4.78, 5) is 17.2. The van der Waals surface area contributed by atoms with Crippen LogP contribution in [0.4, 0.5) is 0 Å². The van der Waals surface area contributed by atoms with Crippen molar-refractivity contribution in [2.45, 2.75) is 26.1 Å². The lowest BCUT2D eigenvalue weighted by Crippen LogP contribution is -2.53. The molecule has 28 heavy (non-hydrogen) atoms. The molecule has 0 aliphatic carbocycles. The Hall–Kier alpha value is -2.57. The van der Waals surface area contributed by atoms with E-state index in [4.69, 9.17) is 16.0 Å². The summed E-state index contributed by atoms with van der Waals surface area (Å²) in [6.07, 6.45) is 3.30. The Balaban J connectivity index is 1.36. The summed E-state index contributed by atoms with van der Waals surface area (Å²) in [5.41, 5.74) is 1.30. The molecule has 1 saturated heterocycles. The Kier molecular flexibility index (Phi) is 5.50. The molecule has 4 rings (SSSR count). The lowest BCUT2D eigenvalue weighted by Gasteiger charge is -2.39. The lowest BCUT2D eigenvalue weighted by molar-refractivity contribution is 0.0445. The minimum atomic E-state index is -0.0587. The lowest BCUT2D eigenvalue weighted by atomic mass is 10.1. The second-order valence-electron chi connectivity index (χ2n) is 7.19. The van der Waals surface area contributed by atoms with Gasteiger partial charge in [-0.2, -0.15) is 5.10 Å². The Morgan fingerprint density at radius 2 is 2.00 bits per heavy atom. The third kappa shape index (κ3) is 4.29. The summed E-state index contributed by atoms with van der Waals surface area (Å²) in [5, 5.41) is 4.71. The highest BCUT2D eigenvalue weighted by Crippen LogP contribution is 2.18. The highest BCUT2D eigenvalue weighted by Gasteiger charge is 2.29. The van der Waals surface area contributed by atoms with E-state index in [1.54, 1.807) is 23.1 Å². The zero-order valence-electron chi connectivity index (χ0n) is 15.8. The van der Waals surface area contributed by atoms with Gasteiger partial charge in [-0.3, -0.25) is 14.4 Å². The van der Waals surface area contributed by atoms with Crippen molar-refractivity contribution in [1.82, 2.24) is 19.6 Å². The first-order chi connectivity index (χ1) is 13.6. The molecule has 1 amide bonds. The maximum absolute atomic E-state index is 12.9. The van der Waals surface area contributed by atoms with E-state index in [2.05, 4.69) is 41.2 Å². The molecule has 2 aromatic heterocycles. The molecule has 1 atom stereocenters. The van der Waals surface area contributed by atoms with Crippen molar-refractivity contribution in [3.63, 3.8) is 0 Å². The molecule has 1 aliphatic rings. The Labute approximate surface area is 169 Å². The number of benzene rings is 1. The summed E-state index contributed by atoms with van der Waals surface area (Å²) in [6, 6.07) is 14.1. The molecule has 6 nitrogen and oxygen atoms in total. The van der Waals surface area contributed by atoms with Crippen LogP contribution in [0.3, 0.4) is 0 Å². The predicted molar refractivity (Wildman–Crippen MR) is 107 cm³/mol. The molecule has 1 aromatic carbocycles. The molecule has 7 heteroatoms. The summed E-state index contributed by atoms with van der Waals surface area (Å²) in [7, 11) is 0. The third-order valence-electron chi connectivity index (χ3n) is 5.01. The van der Waals surface area contributed by atoms with Crippen molar-refractivity contribution in [3.8, 4) is 0 Å². The van der Waals surface area contributed by atoms with Crippen LogP contribution in [0.15, 0.2) is 59.3 Å². The van der Waals surface area contributed by atoms with Gasteiger partial charge in [0, 0.05) is 38.4 Å². The van der Waals surface area contributed by atoms with Gasteiger partial charge < -0.3 is 9.32 Å². The van der Waals surface area contributed by atoms with Crippen LogP contribution in [0.1, 0.15) is 28.8 Å². The highest BCUT2D eigenvalue weighted by molar-refractivity contribution is 6.30. The number of aromatic nitrogens is 2. The molecule has 1 fully saturated rings. The number of rotatable bonds is 5. The van der Waals surface area contributed by atoms with Crippen LogP contribution in [-0.4, -0.2) is 51.2 Å². The van der Waals surface area contributed by atoms with Gasteiger partial charge in [0.25, 0.3) is 5.91 Å². The minimum absolute atomic E-state index is 0.0587. The van der Waals surface area contributed by atoms with Gasteiger partial charge in [-0.15, -0.1) is 0 Å². The standard InChI is InChI=1S/C21H23ClN4O2/c1-16-12-24(13-17-5-3-2-4-6-17)9-10-26(16)21(27)20-8-7-19(28-20)15-25-14-18(22)11-23-25/h2-8,11,14,16H,9-10,12-13,15H2,1H3/t16-/m1/s1. The Morgan fingerprint density at radius 1 is 1.18 bits per heavy atom. The van der Waals surface area contributed by atoms with E-state index < -0.39 is 0 Å². The van der Waals surface area contributed by atoms with Gasteiger partial charge in [0.05, 0.1) is 17.8 Å². The molecular formula is C21H23ClN4O2. The largest absolute Gasteiger partial charge is 0.454 e. The zero-order valence-corrected chi connectivity index (χ0v) is 16.5. The third-order valence-corrected chi connectivity index (χ3v) is 5.21. The SMILES string of the molecule is C[C@@H]1CN(Cc2ccccc2)CCN1C(=O)c1ccc(Cn2cc(Cl)cn2)o1. The first-order valence-electron chi connectivity index (χ1n) is 9.42. The van der Waals surface area contributed by atoms with Crippen molar-refractivity contribution in [1.29, 1.82) is 0 Å². The Morgan fingerprint density at radius 3 is 2.71 bits per heavy atom. The summed E-state index contributed by atoms with van der Waals surface area (Å²) in [5.74, 6) is 0.992. The van der Waals surface area contributed by atoms with Crippen LogP contribution in [0.5, 0.6) is 0 Å². The first kappa shape index (κ1) is 18.8. The number of hydrogen-bond donors (Lipinski definition) is 0. The number of piperazine rings is 1. The van der Waals surface area contributed by atoms with Crippen LogP contribution in [0.2, 0.25) is 5.02 Å². The Bertz CT molecular complexity index is 937. The second kappa shape index (κ2) is 8.20. The highest BCUT2D eigenvalue weighted by atomic mass is 35.5. The van der Waals surface area contributed by atoms with E-state index in [-0.39, 0.29) is 11.9 Å². The average Bonchev–Trinajstić information content (AvgIpc) is 3.31. The topological polar surface area (TPSA) is 54.5 Å². The van der Waals surface area contributed by atoms with Crippen molar-refractivity contribution < 1.29 is 9.21 Å². The van der Waals surface area contributed by atoms with E-state index in [0.29, 0.717) is 29.6 Å². The van der Waals surface area contributed by atoms with E-state index >= 15 is 0 Å². The monoisotopic (exact) mass is 398 g/mol. The number of carbonyl (C=O) groups excluding carboxylic acids is 1. The molecule has 0 radical (unpaired) electrons. The average molecular weight is 399 g/mol. The van der Waals surface area contributed by atoms with Gasteiger partial charge >= 0.3 is 0 Å². The zero-order chi connectivity index (χ0) is 19.5. The van der Waals surface area contributed by atoms with E-state index in [1.807, 2.05) is 17.0 Å². The maximum atomic E-state index is 12.9. The molecule has 146 valence electrons. The first-order valence-corrected chi connectivity index (χ1v) is 9.80. The molecule has 1 aliphatic heterocycles. The van der Waals surface area contributed by atoms with Crippen LogP contribution in [0, 0.1) is 0 Å². The molecule has 0 spiro atoms. The summed E-state index contributed by atoms with van der Waals surface area (Å²) < 4.78 is 7.45. The van der Waals surface area contributed by atoms with Gasteiger partial charge in [0.1, 0.15) is 5.76 Å². The maximum Gasteiger partial charge on any atom is 0.289 e. The number of furan rings is 1. The van der Waals surface area contributed by atoms with Crippen molar-refractivity contribution in [3.05, 3.63) is 77.0 Å². The molecule has 3 heterocycles. The number of nitrogens with zero attached hydrogens (tertiary/aromatic N) is 4. The fourth-order valence-corrected chi connectivity index (χ4v) is 3.78. The second-order valence-corrected chi connectivity index (χ2v) is 7.63. The van der Waals surface area contributed by atoms with Crippen molar-refractivity contribution >= 4 is 17.5 Å². The van der Waals surface area contributed by atoms with Gasteiger partial charge in [-0.05, 0) is 24.6 Å². The van der Waals surface area contributed by atoms with Crippen LogP contribution in [0.25, 0.3) is 0 Å². The van der Waals surface area contributed by atoms with Crippen LogP contribution >= 0.6 is 11.6 Å². The normalized spacial score (nSPS) is 17.8. The number of hydrogen-bond acceptors (Lipinski definition) is 4. The molecule has 0 bridgehead atoms. The van der Waals surface area contributed by atoms with Crippen molar-refractivity contribution in [2.24, 2.45) is 0 Å². The van der Waals surface area contributed by atoms with Gasteiger partial charge in [-0.25, -0.2) is 0 Å². The minimum Gasteiger partial charge on any atom is -0.454 e. The number of halogens is 1. The molecule has 0 saturated carbocycles. The smallest absolute Gasteiger partial charge is 0.289 e. The summed E-state index contributed by atoms with van der Waals surface area (Å²) in [6.45, 7) is 5.83. The number of carbonyl (C=O) groups is 1. The van der Waals surface area contributed by atoms with Gasteiger partial charge in [0.2, 0.25) is 0 Å². The van der Waals surface area contributed by atoms with Gasteiger partial charge in [0.15, 0.2) is 5.76 Å². The van der Waals surface area contributed by atoms with E-state index in [1.165, 1.54) is 5.56 Å². The van der Waals surface area contributed by atoms with E-state index in [9.17, 15) is 4.79 Å². The fraction of sp³-hybridized carbons (Fsp3) is 0.333. The van der Waals surface area contributed by atoms with Crippen LogP contribution in [-0.2, 0) is 13.1 Å². The van der Waals surface area contributed by atoms with Crippen LogP contribution < -0.4 is 0 Å². The molecule has 0 unspecified atom stereocenters. The van der Waals surface area contributed by atoms with Gasteiger partial charge in [-0.1, -0.05) is 41.9 Å². The molecular weight excluding hydrogens is 376 g/mol. The number of amides is 1. The quantitative estimate of drug-likeness (QED) is 0.659. The molecule has 0 N–H and O–H groups in total. The summed E-state index contributed by atoms with van der Waals surface area (Å²) >= 11 is 5.88. The van der Waals surface area contributed by atoms with E-state index in [0.717, 1.165) is 19.6 Å². The van der Waals surface area contributed by atoms with Crippen molar-refractivity contribution in [2.75, 3.05) is 19.6 Å².